The molecule has 0 radical (unpaired) electrons. The van der Waals surface area contributed by atoms with Crippen molar-refractivity contribution in [3.05, 3.63) is 42.1 Å². The fourth-order valence-corrected chi connectivity index (χ4v) is 4.29. The van der Waals surface area contributed by atoms with Crippen LogP contribution in [0.3, 0.4) is 0 Å². The molecule has 1 atom stereocenters. The van der Waals surface area contributed by atoms with Crippen LogP contribution in [-0.4, -0.2) is 57.5 Å². The Labute approximate surface area is 171 Å². The van der Waals surface area contributed by atoms with Gasteiger partial charge in [0.15, 0.2) is 5.96 Å². The van der Waals surface area contributed by atoms with E-state index in [0.717, 1.165) is 62.2 Å². The standard InChI is InChI=1S/C21H29N7O/c1-3-22-20(27-9-4-7-21(15-27)11-19(29)26-14-21)25-13-17-5-6-18(24-12-17)28-10-8-23-16(28)2/h5-6,8,10,12H,3-4,7,9,11,13-15H2,1-2H3,(H,22,25)(H,26,29). The maximum atomic E-state index is 11.8. The lowest BCUT2D eigenvalue weighted by Gasteiger charge is -2.40. The molecule has 154 valence electrons. The van der Waals surface area contributed by atoms with Gasteiger partial charge in [-0.25, -0.2) is 15.0 Å². The average molecular weight is 396 g/mol. The molecule has 0 bridgehead atoms. The molecule has 8 nitrogen and oxygen atoms in total. The van der Waals surface area contributed by atoms with Gasteiger partial charge in [-0.15, -0.1) is 0 Å². The van der Waals surface area contributed by atoms with Gasteiger partial charge in [0.2, 0.25) is 5.91 Å². The van der Waals surface area contributed by atoms with E-state index in [1.807, 2.05) is 30.0 Å². The highest BCUT2D eigenvalue weighted by atomic mass is 16.1. The van der Waals surface area contributed by atoms with Crippen LogP contribution in [0.5, 0.6) is 0 Å². The molecule has 1 amide bonds. The summed E-state index contributed by atoms with van der Waals surface area (Å²) in [4.78, 5) is 27.7. The van der Waals surface area contributed by atoms with Crippen molar-refractivity contribution in [1.29, 1.82) is 0 Å². The van der Waals surface area contributed by atoms with E-state index in [4.69, 9.17) is 4.99 Å². The first kappa shape index (κ1) is 19.4. The molecule has 8 heteroatoms. The second-order valence-corrected chi connectivity index (χ2v) is 8.02. The molecule has 2 saturated heterocycles. The van der Waals surface area contributed by atoms with Gasteiger partial charge in [-0.2, -0.15) is 0 Å². The molecule has 2 aromatic heterocycles. The molecule has 29 heavy (non-hydrogen) atoms. The Kier molecular flexibility index (Phi) is 5.51. The monoisotopic (exact) mass is 395 g/mol. The number of carbonyl (C=O) groups excluding carboxylic acids is 1. The van der Waals surface area contributed by atoms with E-state index in [1.54, 1.807) is 6.20 Å². The summed E-state index contributed by atoms with van der Waals surface area (Å²) in [6, 6.07) is 4.06. The van der Waals surface area contributed by atoms with Gasteiger partial charge in [0, 0.05) is 56.6 Å². The van der Waals surface area contributed by atoms with Gasteiger partial charge in [-0.05, 0) is 38.3 Å². The van der Waals surface area contributed by atoms with Crippen molar-refractivity contribution in [1.82, 2.24) is 30.1 Å². The van der Waals surface area contributed by atoms with Crippen LogP contribution in [0.2, 0.25) is 0 Å². The molecular weight excluding hydrogens is 366 g/mol. The lowest BCUT2D eigenvalue weighted by molar-refractivity contribution is -0.119. The molecule has 0 saturated carbocycles. The highest BCUT2D eigenvalue weighted by molar-refractivity contribution is 5.81. The first-order chi connectivity index (χ1) is 14.1. The van der Waals surface area contributed by atoms with E-state index in [0.29, 0.717) is 13.0 Å². The third-order valence-corrected chi connectivity index (χ3v) is 5.79. The first-order valence-electron chi connectivity index (χ1n) is 10.3. The Morgan fingerprint density at radius 3 is 2.93 bits per heavy atom. The fraction of sp³-hybridized carbons (Fsp3) is 0.524. The Morgan fingerprint density at radius 1 is 1.38 bits per heavy atom. The summed E-state index contributed by atoms with van der Waals surface area (Å²) in [5, 5.41) is 6.43. The Morgan fingerprint density at radius 2 is 2.28 bits per heavy atom. The first-order valence-corrected chi connectivity index (χ1v) is 10.3. The van der Waals surface area contributed by atoms with Gasteiger partial charge in [0.1, 0.15) is 11.6 Å². The fourth-order valence-electron chi connectivity index (χ4n) is 4.29. The zero-order valence-electron chi connectivity index (χ0n) is 17.2. The number of pyridine rings is 1. The second kappa shape index (κ2) is 8.23. The van der Waals surface area contributed by atoms with E-state index in [-0.39, 0.29) is 11.3 Å². The van der Waals surface area contributed by atoms with Gasteiger partial charge in [0.05, 0.1) is 6.54 Å². The molecule has 2 aromatic rings. The minimum atomic E-state index is 0.0530. The number of guanidine groups is 1. The number of amides is 1. The summed E-state index contributed by atoms with van der Waals surface area (Å²) in [6.45, 7) is 8.05. The van der Waals surface area contributed by atoms with Gasteiger partial charge in [0.25, 0.3) is 0 Å². The largest absolute Gasteiger partial charge is 0.357 e. The van der Waals surface area contributed by atoms with E-state index in [1.165, 1.54) is 0 Å². The molecule has 4 rings (SSSR count). The zero-order valence-corrected chi connectivity index (χ0v) is 17.2. The number of aliphatic imine (C=N–C) groups is 1. The number of piperidine rings is 1. The third kappa shape index (κ3) is 4.26. The molecule has 2 fully saturated rings. The Hall–Kier alpha value is -2.90. The molecular formula is C21H29N7O. The summed E-state index contributed by atoms with van der Waals surface area (Å²) >= 11 is 0. The molecule has 4 heterocycles. The average Bonchev–Trinajstić information content (AvgIpc) is 3.31. The van der Waals surface area contributed by atoms with Crippen molar-refractivity contribution < 1.29 is 4.79 Å². The molecule has 2 N–H and O–H groups in total. The molecule has 2 aliphatic rings. The molecule has 0 aliphatic carbocycles. The molecule has 0 aromatic carbocycles. The van der Waals surface area contributed by atoms with Crippen molar-refractivity contribution >= 4 is 11.9 Å². The predicted molar refractivity (Wildman–Crippen MR) is 112 cm³/mol. The maximum absolute atomic E-state index is 11.8. The number of imidazole rings is 1. The highest BCUT2D eigenvalue weighted by Crippen LogP contribution is 2.36. The van der Waals surface area contributed by atoms with Crippen molar-refractivity contribution in [2.75, 3.05) is 26.2 Å². The normalized spacial score (nSPS) is 22.2. The van der Waals surface area contributed by atoms with Crippen LogP contribution in [-0.2, 0) is 11.3 Å². The van der Waals surface area contributed by atoms with Gasteiger partial charge < -0.3 is 15.5 Å². The number of aryl methyl sites for hydroxylation is 1. The van der Waals surface area contributed by atoms with E-state index >= 15 is 0 Å². The molecule has 1 unspecified atom stereocenters. The minimum Gasteiger partial charge on any atom is -0.357 e. The quantitative estimate of drug-likeness (QED) is 0.607. The maximum Gasteiger partial charge on any atom is 0.220 e. The second-order valence-electron chi connectivity index (χ2n) is 8.02. The summed E-state index contributed by atoms with van der Waals surface area (Å²) in [6.07, 6.45) is 8.37. The Bertz CT molecular complexity index is 889. The van der Waals surface area contributed by atoms with E-state index in [9.17, 15) is 4.79 Å². The molecule has 1 spiro atoms. The van der Waals surface area contributed by atoms with Crippen LogP contribution in [0.25, 0.3) is 5.82 Å². The third-order valence-electron chi connectivity index (χ3n) is 5.79. The smallest absolute Gasteiger partial charge is 0.220 e. The van der Waals surface area contributed by atoms with Gasteiger partial charge in [-0.1, -0.05) is 6.07 Å². The number of nitrogens with zero attached hydrogens (tertiary/aromatic N) is 5. The van der Waals surface area contributed by atoms with E-state index < -0.39 is 0 Å². The number of likely N-dealkylation sites (tertiary alicyclic amines) is 1. The predicted octanol–water partition coefficient (Wildman–Crippen LogP) is 1.64. The van der Waals surface area contributed by atoms with Crippen molar-refractivity contribution in [3.8, 4) is 5.82 Å². The Balaban J connectivity index is 1.46. The zero-order chi connectivity index (χ0) is 20.3. The van der Waals surface area contributed by atoms with Crippen LogP contribution < -0.4 is 10.6 Å². The SMILES string of the molecule is CCNC(=NCc1ccc(-n2ccnc2C)nc1)N1CCCC2(CNC(=O)C2)C1. The van der Waals surface area contributed by atoms with Crippen LogP contribution >= 0.6 is 0 Å². The van der Waals surface area contributed by atoms with Crippen LogP contribution in [0.1, 0.15) is 37.6 Å². The lowest BCUT2D eigenvalue weighted by atomic mass is 9.79. The lowest BCUT2D eigenvalue weighted by Crippen LogP contribution is -2.51. The summed E-state index contributed by atoms with van der Waals surface area (Å²) in [7, 11) is 0. The summed E-state index contributed by atoms with van der Waals surface area (Å²) in [5.41, 5.74) is 1.11. The number of hydrogen-bond donors (Lipinski definition) is 2. The summed E-state index contributed by atoms with van der Waals surface area (Å²) in [5.74, 6) is 2.86. The number of hydrogen-bond acceptors (Lipinski definition) is 4. The van der Waals surface area contributed by atoms with Gasteiger partial charge >= 0.3 is 0 Å². The van der Waals surface area contributed by atoms with Crippen molar-refractivity contribution in [3.63, 3.8) is 0 Å². The van der Waals surface area contributed by atoms with E-state index in [2.05, 4.69) is 38.5 Å². The van der Waals surface area contributed by atoms with Crippen molar-refractivity contribution in [2.45, 2.75) is 39.7 Å². The summed E-state index contributed by atoms with van der Waals surface area (Å²) < 4.78 is 1.96. The van der Waals surface area contributed by atoms with Crippen LogP contribution in [0.15, 0.2) is 35.7 Å². The number of nitrogens with one attached hydrogen (secondary N) is 2. The minimum absolute atomic E-state index is 0.0530. The number of rotatable bonds is 4. The highest BCUT2D eigenvalue weighted by Gasteiger charge is 2.42. The van der Waals surface area contributed by atoms with Gasteiger partial charge in [-0.3, -0.25) is 9.36 Å². The topological polar surface area (TPSA) is 87.4 Å². The number of carbonyl (C=O) groups is 1. The van der Waals surface area contributed by atoms with Crippen LogP contribution in [0.4, 0.5) is 0 Å². The van der Waals surface area contributed by atoms with Crippen LogP contribution in [0, 0.1) is 12.3 Å². The number of aromatic nitrogens is 3. The van der Waals surface area contributed by atoms with Crippen molar-refractivity contribution in [2.24, 2.45) is 10.4 Å². The molecule has 2 aliphatic heterocycles.